The lowest BCUT2D eigenvalue weighted by atomic mass is 9.82. The molecule has 1 nitrogen and oxygen atoms in total. The van der Waals surface area contributed by atoms with Crippen molar-refractivity contribution >= 4 is 61.8 Å². The van der Waals surface area contributed by atoms with Crippen LogP contribution in [0.25, 0.3) is 50.4 Å². The molecule has 0 amide bonds. The van der Waals surface area contributed by atoms with E-state index in [1.807, 2.05) is 0 Å². The lowest BCUT2D eigenvalue weighted by molar-refractivity contribution is 0.760. The number of fused-ring (bicyclic) bond motifs is 6. The second kappa shape index (κ2) is 13.2. The van der Waals surface area contributed by atoms with Gasteiger partial charge in [0.2, 0.25) is 0 Å². The largest absolute Gasteiger partial charge is 0.334 e. The number of nitrogens with zero attached hydrogens (tertiary/aromatic N) is 1. The van der Waals surface area contributed by atoms with Gasteiger partial charge in [-0.15, -0.1) is 0 Å². The fourth-order valence-corrected chi connectivity index (χ4v) is 8.54. The predicted molar refractivity (Wildman–Crippen MR) is 220 cm³/mol. The van der Waals surface area contributed by atoms with E-state index in [2.05, 4.69) is 183 Å². The Bertz CT molecular complexity index is 2540. The maximum Gasteiger partial charge on any atom is 0.0566 e. The first kappa shape index (κ1) is 31.3. The van der Waals surface area contributed by atoms with Crippen molar-refractivity contribution in [2.24, 2.45) is 5.92 Å². The Labute approximate surface area is 301 Å². The molecule has 1 heteroatoms. The summed E-state index contributed by atoms with van der Waals surface area (Å²) in [5, 5.41) is 8.01. The standard InChI is InChI=1S/C50H43N/c1-34-12-6-7-15-43(34)49-32-39(21-20-35(49)2)38-24-28-41(29-25-38)51(40-26-22-37(23-27-40)36-13-4-3-5-14-36)42-30-31-48-46-18-9-8-16-44(46)45-17-10-11-19-47(45)50(48)33-42/h3-4,6-13,15-19,21-29,31-33,35,42H,5,14,20,30H2,1-2H3. The first-order valence-corrected chi connectivity index (χ1v) is 18.6. The number of anilines is 2. The molecule has 248 valence electrons. The number of rotatable bonds is 6. The Kier molecular flexibility index (Phi) is 8.13. The van der Waals surface area contributed by atoms with Crippen molar-refractivity contribution in [1.29, 1.82) is 0 Å². The normalized spacial score (nSPS) is 18.3. The van der Waals surface area contributed by atoms with Gasteiger partial charge in [0.15, 0.2) is 0 Å². The molecule has 51 heavy (non-hydrogen) atoms. The third-order valence-electron chi connectivity index (χ3n) is 11.3. The van der Waals surface area contributed by atoms with Crippen molar-refractivity contribution in [2.75, 3.05) is 4.90 Å². The highest BCUT2D eigenvalue weighted by Crippen LogP contribution is 2.38. The van der Waals surface area contributed by atoms with Crippen molar-refractivity contribution in [3.8, 4) is 0 Å². The van der Waals surface area contributed by atoms with E-state index in [-0.39, 0.29) is 6.04 Å². The molecule has 0 aliphatic heterocycles. The monoisotopic (exact) mass is 657 g/mol. The first-order valence-electron chi connectivity index (χ1n) is 18.6. The van der Waals surface area contributed by atoms with E-state index in [9.17, 15) is 0 Å². The molecule has 0 heterocycles. The molecular formula is C50H43N. The molecule has 0 radical (unpaired) electrons. The minimum atomic E-state index is 0.165. The smallest absolute Gasteiger partial charge is 0.0566 e. The number of allylic oxidation sites excluding steroid dienone is 8. The van der Waals surface area contributed by atoms with Gasteiger partial charge in [0, 0.05) is 11.4 Å². The van der Waals surface area contributed by atoms with Crippen molar-refractivity contribution in [3.05, 3.63) is 184 Å². The fourth-order valence-electron chi connectivity index (χ4n) is 8.54. The van der Waals surface area contributed by atoms with Crippen LogP contribution in [0.4, 0.5) is 11.4 Å². The van der Waals surface area contributed by atoms with E-state index in [0.717, 1.165) is 25.7 Å². The van der Waals surface area contributed by atoms with Crippen molar-refractivity contribution in [2.45, 2.75) is 45.6 Å². The molecule has 0 bridgehead atoms. The lowest BCUT2D eigenvalue weighted by Gasteiger charge is -2.33. The molecule has 3 aliphatic rings. The van der Waals surface area contributed by atoms with E-state index in [1.54, 1.807) is 0 Å². The van der Waals surface area contributed by atoms with Crippen LogP contribution in [0.3, 0.4) is 0 Å². The summed E-state index contributed by atoms with van der Waals surface area (Å²) < 4.78 is 0. The average Bonchev–Trinajstić information content (AvgIpc) is 3.19. The summed E-state index contributed by atoms with van der Waals surface area (Å²) in [4.78, 5) is 2.55. The number of benzene rings is 6. The molecule has 6 aromatic rings. The van der Waals surface area contributed by atoms with Gasteiger partial charge in [-0.25, -0.2) is 0 Å². The molecule has 2 atom stereocenters. The van der Waals surface area contributed by atoms with Crippen LogP contribution < -0.4 is 15.3 Å². The van der Waals surface area contributed by atoms with Crippen LogP contribution in [-0.2, 0) is 0 Å². The maximum atomic E-state index is 2.55. The van der Waals surface area contributed by atoms with Crippen molar-refractivity contribution in [3.63, 3.8) is 0 Å². The second-order valence-corrected chi connectivity index (χ2v) is 14.4. The molecule has 0 fully saturated rings. The van der Waals surface area contributed by atoms with Crippen molar-refractivity contribution < 1.29 is 0 Å². The summed E-state index contributed by atoms with van der Waals surface area (Å²) in [7, 11) is 0. The van der Waals surface area contributed by atoms with Crippen molar-refractivity contribution in [1.82, 2.24) is 0 Å². The zero-order chi connectivity index (χ0) is 34.3. The molecule has 2 unspecified atom stereocenters. The van der Waals surface area contributed by atoms with Gasteiger partial charge in [0.1, 0.15) is 0 Å². The maximum absolute atomic E-state index is 2.55. The van der Waals surface area contributed by atoms with Crippen LogP contribution in [0, 0.1) is 12.8 Å². The fraction of sp³-hybridized carbons (Fsp3) is 0.160. The van der Waals surface area contributed by atoms with Crippen LogP contribution >= 0.6 is 0 Å². The van der Waals surface area contributed by atoms with Crippen LogP contribution in [0.2, 0.25) is 0 Å². The highest BCUT2D eigenvalue weighted by Gasteiger charge is 2.23. The zero-order valence-corrected chi connectivity index (χ0v) is 29.5. The van der Waals surface area contributed by atoms with Gasteiger partial charge in [-0.05, 0) is 134 Å². The van der Waals surface area contributed by atoms with E-state index >= 15 is 0 Å². The Morgan fingerprint density at radius 3 is 1.90 bits per heavy atom. The Morgan fingerprint density at radius 1 is 0.608 bits per heavy atom. The third kappa shape index (κ3) is 5.77. The number of hydrogen-bond donors (Lipinski definition) is 0. The SMILES string of the molecule is Cc1ccccc1C1=CC(c2ccc(N(c3ccc(C4=CC=CCC4)cc3)C3C=c4c(c5ccccc5c5ccccc45)=CC3)cc2)=CCC1C. The Balaban J connectivity index is 1.14. The quantitative estimate of drug-likeness (QED) is 0.161. The number of aryl methyl sites for hydroxylation is 1. The van der Waals surface area contributed by atoms with Gasteiger partial charge < -0.3 is 4.90 Å². The van der Waals surface area contributed by atoms with Crippen LogP contribution in [0.5, 0.6) is 0 Å². The van der Waals surface area contributed by atoms with Crippen LogP contribution in [0.1, 0.15) is 54.9 Å². The van der Waals surface area contributed by atoms with Gasteiger partial charge in [-0.3, -0.25) is 0 Å². The zero-order valence-electron chi connectivity index (χ0n) is 29.5. The molecule has 0 N–H and O–H groups in total. The van der Waals surface area contributed by atoms with E-state index < -0.39 is 0 Å². The Hall–Kier alpha value is -5.66. The summed E-state index contributed by atoms with van der Waals surface area (Å²) >= 11 is 0. The summed E-state index contributed by atoms with van der Waals surface area (Å²) in [5.74, 6) is 0.502. The van der Waals surface area contributed by atoms with Gasteiger partial charge in [-0.1, -0.05) is 147 Å². The minimum Gasteiger partial charge on any atom is -0.334 e. The molecule has 0 aromatic heterocycles. The van der Waals surface area contributed by atoms with E-state index in [0.29, 0.717) is 5.92 Å². The summed E-state index contributed by atoms with van der Waals surface area (Å²) in [5.41, 5.74) is 11.9. The molecular weight excluding hydrogens is 615 g/mol. The number of hydrogen-bond acceptors (Lipinski definition) is 1. The van der Waals surface area contributed by atoms with Gasteiger partial charge in [0.25, 0.3) is 0 Å². The van der Waals surface area contributed by atoms with Gasteiger partial charge in [0.05, 0.1) is 6.04 Å². The lowest BCUT2D eigenvalue weighted by Crippen LogP contribution is -2.38. The minimum absolute atomic E-state index is 0.165. The van der Waals surface area contributed by atoms with Crippen LogP contribution in [0.15, 0.2) is 152 Å². The highest BCUT2D eigenvalue weighted by atomic mass is 15.2. The van der Waals surface area contributed by atoms with E-state index in [1.165, 1.54) is 82.3 Å². The topological polar surface area (TPSA) is 3.24 Å². The molecule has 3 aliphatic carbocycles. The highest BCUT2D eigenvalue weighted by molar-refractivity contribution is 6.08. The molecule has 0 saturated heterocycles. The second-order valence-electron chi connectivity index (χ2n) is 14.4. The van der Waals surface area contributed by atoms with Gasteiger partial charge >= 0.3 is 0 Å². The summed E-state index contributed by atoms with van der Waals surface area (Å²) in [6.45, 7) is 4.57. The van der Waals surface area contributed by atoms with Gasteiger partial charge in [-0.2, -0.15) is 0 Å². The average molecular weight is 658 g/mol. The molecule has 0 spiro atoms. The summed E-state index contributed by atoms with van der Waals surface area (Å²) in [6, 6.07) is 45.4. The van der Waals surface area contributed by atoms with Crippen LogP contribution in [-0.4, -0.2) is 6.04 Å². The first-order chi connectivity index (χ1) is 25.1. The predicted octanol–water partition coefficient (Wildman–Crippen LogP) is 11.7. The van der Waals surface area contributed by atoms with E-state index in [4.69, 9.17) is 0 Å². The summed E-state index contributed by atoms with van der Waals surface area (Å²) in [6.07, 6.45) is 20.8. The molecule has 9 rings (SSSR count). The molecule has 6 aromatic carbocycles. The molecule has 0 saturated carbocycles. The Morgan fingerprint density at radius 2 is 1.24 bits per heavy atom. The third-order valence-corrected chi connectivity index (χ3v) is 11.3.